The predicted octanol–water partition coefficient (Wildman–Crippen LogP) is 4.50. The maximum atomic E-state index is 12.6. The Labute approximate surface area is 222 Å². The van der Waals surface area contributed by atoms with E-state index in [1.165, 1.54) is 13.3 Å². The van der Waals surface area contributed by atoms with Gasteiger partial charge in [-0.2, -0.15) is 5.10 Å². The van der Waals surface area contributed by atoms with Crippen LogP contribution in [0.1, 0.15) is 28.4 Å². The number of hydrazone groups is 1. The zero-order valence-corrected chi connectivity index (χ0v) is 21.9. The first-order chi connectivity index (χ1) is 17.4. The third-order valence-electron chi connectivity index (χ3n) is 4.71. The van der Waals surface area contributed by atoms with Gasteiger partial charge in [-0.15, -0.1) is 0 Å². The molecule has 0 spiro atoms. The van der Waals surface area contributed by atoms with Crippen molar-refractivity contribution in [2.45, 2.75) is 13.5 Å². The largest absolute Gasteiger partial charge is 0.493 e. The lowest BCUT2D eigenvalue weighted by molar-refractivity contribution is -0.139. The molecule has 2 N–H and O–H groups in total. The number of halogens is 1. The van der Waals surface area contributed by atoms with Crippen LogP contribution in [-0.2, 0) is 11.4 Å². The Morgan fingerprint density at radius 1 is 1.00 bits per heavy atom. The van der Waals surface area contributed by atoms with E-state index >= 15 is 0 Å². The lowest BCUT2D eigenvalue weighted by Gasteiger charge is -2.13. The number of rotatable bonds is 12. The molecule has 0 heterocycles. The quantitative estimate of drug-likeness (QED) is 0.178. The summed E-state index contributed by atoms with van der Waals surface area (Å²) in [5, 5.41) is 12.9. The molecule has 1 amide bonds. The minimum atomic E-state index is -1.09. The molecule has 188 valence electrons. The van der Waals surface area contributed by atoms with Crippen LogP contribution in [0.25, 0.3) is 0 Å². The highest BCUT2D eigenvalue weighted by Gasteiger charge is 2.14. The molecule has 0 saturated carbocycles. The van der Waals surface area contributed by atoms with Crippen LogP contribution in [0.15, 0.2) is 65.8 Å². The summed E-state index contributed by atoms with van der Waals surface area (Å²) in [5.74, 6) is 0.145. The molecule has 36 heavy (non-hydrogen) atoms. The molecule has 0 radical (unpaired) electrons. The Hall–Kier alpha value is -3.80. The van der Waals surface area contributed by atoms with Crippen LogP contribution in [0.4, 0.5) is 0 Å². The summed E-state index contributed by atoms with van der Waals surface area (Å²) >= 11 is 2.02. The van der Waals surface area contributed by atoms with Crippen LogP contribution in [0.3, 0.4) is 0 Å². The van der Waals surface area contributed by atoms with Crippen molar-refractivity contribution in [3.8, 4) is 23.0 Å². The third-order valence-corrected chi connectivity index (χ3v) is 5.52. The minimum Gasteiger partial charge on any atom is -0.493 e. The van der Waals surface area contributed by atoms with E-state index in [2.05, 4.69) is 10.5 Å². The van der Waals surface area contributed by atoms with Gasteiger partial charge in [-0.05, 0) is 71.0 Å². The second kappa shape index (κ2) is 13.3. The van der Waals surface area contributed by atoms with E-state index in [4.69, 9.17) is 24.1 Å². The average Bonchev–Trinajstić information content (AvgIpc) is 2.87. The molecule has 3 aromatic carbocycles. The summed E-state index contributed by atoms with van der Waals surface area (Å²) in [6, 6.07) is 18.0. The summed E-state index contributed by atoms with van der Waals surface area (Å²) < 4.78 is 22.8. The van der Waals surface area contributed by atoms with Gasteiger partial charge in [-0.3, -0.25) is 4.79 Å². The van der Waals surface area contributed by atoms with Crippen LogP contribution in [-0.4, -0.2) is 43.5 Å². The van der Waals surface area contributed by atoms with Crippen molar-refractivity contribution >= 4 is 40.7 Å². The van der Waals surface area contributed by atoms with Crippen molar-refractivity contribution in [2.75, 3.05) is 20.3 Å². The molecule has 0 saturated heterocycles. The van der Waals surface area contributed by atoms with Gasteiger partial charge >= 0.3 is 5.97 Å². The smallest absolute Gasteiger partial charge is 0.341 e. The highest BCUT2D eigenvalue weighted by molar-refractivity contribution is 14.1. The van der Waals surface area contributed by atoms with E-state index < -0.39 is 18.5 Å². The third kappa shape index (κ3) is 7.60. The van der Waals surface area contributed by atoms with Gasteiger partial charge in [0.25, 0.3) is 5.91 Å². The highest BCUT2D eigenvalue weighted by Crippen LogP contribution is 2.34. The Morgan fingerprint density at radius 3 is 2.47 bits per heavy atom. The lowest BCUT2D eigenvalue weighted by Crippen LogP contribution is -2.17. The van der Waals surface area contributed by atoms with Crippen molar-refractivity contribution < 1.29 is 33.6 Å². The molecular formula is C26H25IN2O7. The van der Waals surface area contributed by atoms with Gasteiger partial charge in [-0.1, -0.05) is 30.3 Å². The number of methoxy groups -OCH3 is 1. The summed E-state index contributed by atoms with van der Waals surface area (Å²) in [4.78, 5) is 23.5. The molecule has 0 aliphatic carbocycles. The molecule has 3 rings (SSSR count). The molecule has 0 bridgehead atoms. The van der Waals surface area contributed by atoms with Crippen molar-refractivity contribution in [3.05, 3.63) is 80.9 Å². The molecule has 9 nitrogen and oxygen atoms in total. The van der Waals surface area contributed by atoms with Gasteiger partial charge in [-0.25, -0.2) is 10.2 Å². The second-order valence-electron chi connectivity index (χ2n) is 7.28. The second-order valence-corrected chi connectivity index (χ2v) is 8.45. The van der Waals surface area contributed by atoms with Gasteiger partial charge in [0.05, 0.1) is 23.5 Å². The van der Waals surface area contributed by atoms with Crippen LogP contribution in [0.5, 0.6) is 23.0 Å². The Balaban J connectivity index is 1.67. The average molecular weight is 604 g/mol. The topological polar surface area (TPSA) is 116 Å². The minimum absolute atomic E-state index is 0.336. The molecule has 0 atom stereocenters. The SMILES string of the molecule is CCOc1cc(/C=N/NC(=O)c2ccc(OCc3ccccc3)c(OC)c2)cc(I)c1OCC(=O)O. The monoisotopic (exact) mass is 604 g/mol. The Kier molecular flexibility index (Phi) is 9.92. The summed E-state index contributed by atoms with van der Waals surface area (Å²) in [6.07, 6.45) is 1.46. The number of carboxylic acid groups (broad SMARTS) is 1. The van der Waals surface area contributed by atoms with Crippen LogP contribution in [0.2, 0.25) is 0 Å². The number of nitrogens with zero attached hydrogens (tertiary/aromatic N) is 1. The number of carbonyl (C=O) groups is 2. The number of hydrogen-bond donors (Lipinski definition) is 2. The van der Waals surface area contributed by atoms with E-state index in [-0.39, 0.29) is 0 Å². The maximum absolute atomic E-state index is 12.6. The van der Waals surface area contributed by atoms with Crippen molar-refractivity contribution in [2.24, 2.45) is 5.10 Å². The standard InChI is InChI=1S/C26H25IN2O7/c1-3-34-23-12-18(11-20(27)25(23)36-16-24(30)31)14-28-29-26(32)19-9-10-21(22(13-19)33-2)35-15-17-7-5-4-6-8-17/h4-14H,3,15-16H2,1-2H3,(H,29,32)(H,30,31)/b28-14+. The Bertz CT molecular complexity index is 1230. The van der Waals surface area contributed by atoms with E-state index in [1.54, 1.807) is 37.3 Å². The zero-order valence-electron chi connectivity index (χ0n) is 19.7. The predicted molar refractivity (Wildman–Crippen MR) is 142 cm³/mol. The fourth-order valence-electron chi connectivity index (χ4n) is 3.09. The van der Waals surface area contributed by atoms with E-state index in [9.17, 15) is 9.59 Å². The van der Waals surface area contributed by atoms with Crippen LogP contribution < -0.4 is 24.4 Å². The molecule has 0 aromatic heterocycles. The maximum Gasteiger partial charge on any atom is 0.341 e. The molecule has 3 aromatic rings. The van der Waals surface area contributed by atoms with Crippen LogP contribution in [0, 0.1) is 3.57 Å². The number of aliphatic carboxylic acids is 1. The van der Waals surface area contributed by atoms with E-state index in [1.807, 2.05) is 52.9 Å². The molecule has 0 aliphatic heterocycles. The van der Waals surface area contributed by atoms with E-state index in [0.29, 0.717) is 50.9 Å². The number of nitrogens with one attached hydrogen (secondary N) is 1. The molecule has 0 aliphatic rings. The van der Waals surface area contributed by atoms with Gasteiger partial charge in [0.2, 0.25) is 0 Å². The van der Waals surface area contributed by atoms with Gasteiger partial charge < -0.3 is 24.1 Å². The molecule has 0 fully saturated rings. The first-order valence-electron chi connectivity index (χ1n) is 10.9. The van der Waals surface area contributed by atoms with E-state index in [0.717, 1.165) is 5.56 Å². The van der Waals surface area contributed by atoms with Crippen LogP contribution >= 0.6 is 22.6 Å². The summed E-state index contributed by atoms with van der Waals surface area (Å²) in [5.41, 5.74) is 4.47. The fraction of sp³-hybridized carbons (Fsp3) is 0.192. The molecule has 0 unspecified atom stereocenters. The van der Waals surface area contributed by atoms with Gasteiger partial charge in [0, 0.05) is 5.56 Å². The first kappa shape index (κ1) is 26.8. The lowest BCUT2D eigenvalue weighted by atomic mass is 10.2. The number of carboxylic acids is 1. The number of hydrogen-bond acceptors (Lipinski definition) is 7. The number of ether oxygens (including phenoxy) is 4. The number of benzene rings is 3. The highest BCUT2D eigenvalue weighted by atomic mass is 127. The van der Waals surface area contributed by atoms with Crippen molar-refractivity contribution in [3.63, 3.8) is 0 Å². The van der Waals surface area contributed by atoms with Crippen molar-refractivity contribution in [1.29, 1.82) is 0 Å². The summed E-state index contributed by atoms with van der Waals surface area (Å²) in [6.45, 7) is 2.06. The fourth-order valence-corrected chi connectivity index (χ4v) is 3.87. The number of amides is 1. The Morgan fingerprint density at radius 2 is 1.78 bits per heavy atom. The van der Waals surface area contributed by atoms with Crippen molar-refractivity contribution in [1.82, 2.24) is 5.43 Å². The summed E-state index contributed by atoms with van der Waals surface area (Å²) in [7, 11) is 1.51. The normalized spacial score (nSPS) is 10.6. The van der Waals surface area contributed by atoms with Gasteiger partial charge in [0.1, 0.15) is 6.61 Å². The molecule has 10 heteroatoms. The van der Waals surface area contributed by atoms with Gasteiger partial charge in [0.15, 0.2) is 29.6 Å². The first-order valence-corrected chi connectivity index (χ1v) is 12.0. The zero-order chi connectivity index (χ0) is 25.9. The number of carbonyl (C=O) groups excluding carboxylic acids is 1. The molecular weight excluding hydrogens is 579 g/mol.